The lowest BCUT2D eigenvalue weighted by molar-refractivity contribution is -0.697. The van der Waals surface area contributed by atoms with Crippen molar-refractivity contribution in [2.45, 2.75) is 78.8 Å². The van der Waals surface area contributed by atoms with Crippen molar-refractivity contribution in [3.8, 4) is 0 Å². The molecule has 2 aromatic carbocycles. The molecule has 0 unspecified atom stereocenters. The third-order valence-electron chi connectivity index (χ3n) is 9.91. The molecule has 0 fully saturated rings. The van der Waals surface area contributed by atoms with Crippen LogP contribution in [0.25, 0.3) is 24.3 Å². The van der Waals surface area contributed by atoms with Gasteiger partial charge in [0.1, 0.15) is 37.9 Å². The van der Waals surface area contributed by atoms with Crippen LogP contribution in [0.15, 0.2) is 135 Å². The van der Waals surface area contributed by atoms with Crippen LogP contribution in [-0.2, 0) is 45.7 Å². The Bertz CT molecular complexity index is 1950. The molecule has 6 aromatic rings. The van der Waals surface area contributed by atoms with E-state index >= 15 is 0 Å². The molecule has 0 saturated carbocycles. The van der Waals surface area contributed by atoms with Gasteiger partial charge in [-0.05, 0) is 86.2 Å². The molecule has 6 rings (SSSR count). The first-order chi connectivity index (χ1) is 27.6. The summed E-state index contributed by atoms with van der Waals surface area (Å²) in [6.07, 6.45) is 30.9. The lowest BCUT2D eigenvalue weighted by Crippen LogP contribution is -2.34. The molecule has 0 spiro atoms. The second-order valence-corrected chi connectivity index (χ2v) is 16.7. The highest BCUT2D eigenvalue weighted by atomic mass is 33.1. The minimum absolute atomic E-state index is 0.949. The number of hydrogen-bond acceptors (Lipinski definition) is 3. The Morgan fingerprint density at radius 2 is 1.11 bits per heavy atom. The molecule has 7 nitrogen and oxygen atoms in total. The summed E-state index contributed by atoms with van der Waals surface area (Å²) in [6.45, 7) is 11.4. The van der Waals surface area contributed by atoms with E-state index in [1.165, 1.54) is 46.6 Å². The molecule has 0 aliphatic rings. The topological polar surface area (TPSA) is 37.4 Å². The maximum absolute atomic E-state index is 3.58. The molecule has 56 heavy (non-hydrogen) atoms. The van der Waals surface area contributed by atoms with Crippen LogP contribution in [0.4, 0.5) is 5.69 Å². The molecule has 1 N–H and O–H groups in total. The van der Waals surface area contributed by atoms with E-state index in [9.17, 15) is 0 Å². The maximum atomic E-state index is 3.58. The molecule has 4 aromatic heterocycles. The molecule has 0 atom stereocenters. The molecule has 0 saturated heterocycles. The fraction of sp³-hybridized carbons (Fsp3) is 0.319. The van der Waals surface area contributed by atoms with E-state index in [1.807, 2.05) is 21.6 Å². The lowest BCUT2D eigenvalue weighted by atomic mass is 10.1. The number of rotatable bonds is 23. The Morgan fingerprint density at radius 1 is 0.571 bits per heavy atom. The van der Waals surface area contributed by atoms with Gasteiger partial charge in [-0.25, -0.2) is 18.3 Å². The zero-order valence-corrected chi connectivity index (χ0v) is 34.8. The SMILES string of the molecule is CC[n+]1ccccc1/C=C/c1ccc(CCCC[n+]2ccn(CCSSCCn3cc[n+](CCCNc4ccc(/C=C/c5cccc[n+]5CC)cc4)c3)c2)cc1. The summed E-state index contributed by atoms with van der Waals surface area (Å²) < 4.78 is 13.8. The van der Waals surface area contributed by atoms with Gasteiger partial charge in [0.05, 0.1) is 26.2 Å². The highest BCUT2D eigenvalue weighted by Gasteiger charge is 2.08. The van der Waals surface area contributed by atoms with Gasteiger partial charge in [-0.15, -0.1) is 0 Å². The van der Waals surface area contributed by atoms with Crippen molar-refractivity contribution in [3.05, 3.63) is 163 Å². The van der Waals surface area contributed by atoms with Crippen molar-refractivity contribution in [3.63, 3.8) is 0 Å². The van der Waals surface area contributed by atoms with Crippen LogP contribution in [0, 0.1) is 0 Å². The summed E-state index contributed by atoms with van der Waals surface area (Å²) in [5.74, 6) is 2.22. The van der Waals surface area contributed by atoms with Crippen molar-refractivity contribution >= 4 is 51.6 Å². The van der Waals surface area contributed by atoms with E-state index in [4.69, 9.17) is 0 Å². The van der Waals surface area contributed by atoms with Gasteiger partial charge in [0.25, 0.3) is 0 Å². The van der Waals surface area contributed by atoms with E-state index in [1.54, 1.807) is 0 Å². The van der Waals surface area contributed by atoms with Crippen LogP contribution in [0.3, 0.4) is 0 Å². The summed E-state index contributed by atoms with van der Waals surface area (Å²) in [6, 6.07) is 30.4. The van der Waals surface area contributed by atoms with E-state index in [-0.39, 0.29) is 0 Å². The number of imidazole rings is 2. The summed E-state index contributed by atoms with van der Waals surface area (Å²) in [5.41, 5.74) is 7.48. The largest absolute Gasteiger partial charge is 0.385 e. The third kappa shape index (κ3) is 13.4. The van der Waals surface area contributed by atoms with Crippen molar-refractivity contribution < 1.29 is 18.3 Å². The molecular weight excluding hydrogens is 727 g/mol. The Balaban J connectivity index is 0.782. The predicted octanol–water partition coefficient (Wildman–Crippen LogP) is 8.43. The first-order valence-electron chi connectivity index (χ1n) is 20.3. The summed E-state index contributed by atoms with van der Waals surface area (Å²) in [5, 5.41) is 3.58. The molecule has 0 aliphatic carbocycles. The van der Waals surface area contributed by atoms with Crippen LogP contribution in [0.2, 0.25) is 0 Å². The number of hydrogen-bond donors (Lipinski definition) is 1. The van der Waals surface area contributed by atoms with Crippen LogP contribution in [0.1, 0.15) is 61.2 Å². The standard InChI is InChI=1S/C47H58N7S2/c1-3-53-30-9-6-13-46(53)25-21-43-17-15-42(16-18-43)12-5-8-28-49-32-34-51(40-49)36-38-55-56-39-37-52-35-33-50(41-52)29-11-27-48-45-23-19-44(20-24-45)22-26-47-14-7-10-31-54(47)4-2/h6-7,9-10,13-26,30-35,40-41H,3-5,8,11-12,27-29,36-39H2,1-2H3/q+3/p+1/b25-21+. The number of nitrogens with one attached hydrogen (secondary N) is 1. The van der Waals surface area contributed by atoms with E-state index in [0.29, 0.717) is 0 Å². The average Bonchev–Trinajstić information content (AvgIpc) is 3.91. The molecule has 0 aliphatic heterocycles. The number of anilines is 1. The average molecular weight is 786 g/mol. The first-order valence-corrected chi connectivity index (χ1v) is 22.7. The highest BCUT2D eigenvalue weighted by molar-refractivity contribution is 8.76. The van der Waals surface area contributed by atoms with Crippen LogP contribution in [-0.4, -0.2) is 27.2 Å². The normalized spacial score (nSPS) is 11.6. The molecule has 0 radical (unpaired) electrons. The molecule has 0 bridgehead atoms. The molecular formula is C47H59N7S2+4. The van der Waals surface area contributed by atoms with Crippen molar-refractivity contribution in [2.75, 3.05) is 23.4 Å². The molecule has 4 heterocycles. The van der Waals surface area contributed by atoms with Gasteiger partial charge in [-0.2, -0.15) is 9.13 Å². The van der Waals surface area contributed by atoms with E-state index in [0.717, 1.165) is 70.2 Å². The second-order valence-electron chi connectivity index (χ2n) is 14.0. The van der Waals surface area contributed by atoms with Crippen LogP contribution < -0.4 is 23.6 Å². The van der Waals surface area contributed by atoms with Crippen molar-refractivity contribution in [2.24, 2.45) is 0 Å². The number of benzene rings is 2. The van der Waals surface area contributed by atoms with E-state index in [2.05, 4.69) is 206 Å². The van der Waals surface area contributed by atoms with Gasteiger partial charge >= 0.3 is 0 Å². The monoisotopic (exact) mass is 785 g/mol. The zero-order valence-electron chi connectivity index (χ0n) is 33.2. The summed E-state index contributed by atoms with van der Waals surface area (Å²) >= 11 is 0. The molecule has 0 amide bonds. The second kappa shape index (κ2) is 22.6. The van der Waals surface area contributed by atoms with Crippen molar-refractivity contribution in [1.82, 2.24) is 9.13 Å². The number of unbranched alkanes of at least 4 members (excludes halogenated alkanes) is 1. The molecule has 9 heteroatoms. The van der Waals surface area contributed by atoms with Gasteiger partial charge in [0.2, 0.25) is 24.0 Å². The number of aromatic nitrogens is 6. The minimum atomic E-state index is 0.949. The Morgan fingerprint density at radius 3 is 1.66 bits per heavy atom. The van der Waals surface area contributed by atoms with Crippen molar-refractivity contribution in [1.29, 1.82) is 0 Å². The van der Waals surface area contributed by atoms with Gasteiger partial charge in [-0.1, -0.05) is 58.0 Å². The quantitative estimate of drug-likeness (QED) is 0.0403. The minimum Gasteiger partial charge on any atom is -0.385 e. The Hall–Kier alpha value is -4.86. The number of nitrogens with zero attached hydrogens (tertiary/aromatic N) is 6. The zero-order chi connectivity index (χ0) is 38.6. The maximum Gasteiger partial charge on any atom is 0.243 e. The third-order valence-corrected chi connectivity index (χ3v) is 12.3. The summed E-state index contributed by atoms with van der Waals surface area (Å²) in [4.78, 5) is 0. The van der Waals surface area contributed by atoms with Gasteiger partial charge < -0.3 is 5.32 Å². The summed E-state index contributed by atoms with van der Waals surface area (Å²) in [7, 11) is 3.95. The fourth-order valence-corrected chi connectivity index (χ4v) is 8.62. The fourth-order valence-electron chi connectivity index (χ4n) is 6.66. The molecule has 290 valence electrons. The first kappa shape index (κ1) is 40.8. The lowest BCUT2D eigenvalue weighted by Gasteiger charge is -2.05. The Kier molecular flexibility index (Phi) is 16.5. The Labute approximate surface area is 342 Å². The highest BCUT2D eigenvalue weighted by Crippen LogP contribution is 2.21. The van der Waals surface area contributed by atoms with Gasteiger partial charge in [0, 0.05) is 66.6 Å². The number of pyridine rings is 2. The van der Waals surface area contributed by atoms with Gasteiger partial charge in [0.15, 0.2) is 12.4 Å². The smallest absolute Gasteiger partial charge is 0.243 e. The predicted molar refractivity (Wildman–Crippen MR) is 236 cm³/mol. The van der Waals surface area contributed by atoms with Crippen LogP contribution >= 0.6 is 21.6 Å². The van der Waals surface area contributed by atoms with E-state index < -0.39 is 0 Å². The van der Waals surface area contributed by atoms with Crippen LogP contribution in [0.5, 0.6) is 0 Å². The number of aryl methyl sites for hydroxylation is 7. The van der Waals surface area contributed by atoms with Gasteiger partial charge in [-0.3, -0.25) is 0 Å².